The zero-order valence-corrected chi connectivity index (χ0v) is 19.2. The van der Waals surface area contributed by atoms with Crippen LogP contribution in [-0.2, 0) is 11.3 Å². The third-order valence-electron chi connectivity index (χ3n) is 5.03. The molecule has 2 atom stereocenters. The maximum Gasteiger partial charge on any atom is 0.337 e. The average Bonchev–Trinajstić information content (AvgIpc) is 2.85. The third-order valence-corrected chi connectivity index (χ3v) is 7.14. The number of carbonyl (C=O) groups excluding carboxylic acids is 1. The minimum absolute atomic E-state index is 0.210. The topological polar surface area (TPSA) is 117 Å². The highest BCUT2D eigenvalue weighted by Gasteiger charge is 2.20. The molecule has 0 radical (unpaired) electrons. The Morgan fingerprint density at radius 1 is 0.867 bits per heavy atom. The minimum atomic E-state index is -1.42. The summed E-state index contributed by atoms with van der Waals surface area (Å²) in [5.41, 5.74) is 1.60. The van der Waals surface area contributed by atoms with Crippen molar-refractivity contribution in [3.05, 3.63) is 35.4 Å². The Hall–Kier alpha value is -0.730. The molecule has 30 heavy (non-hydrogen) atoms. The normalized spacial score (nSPS) is 19.5. The molecule has 1 aliphatic rings. The number of esters is 1. The molecule has 2 unspecified atom stereocenters. The molecule has 0 spiro atoms. The number of methoxy groups -OCH3 is 1. The van der Waals surface area contributed by atoms with Gasteiger partial charge in [-0.1, -0.05) is 12.1 Å². The van der Waals surface area contributed by atoms with Crippen LogP contribution in [0, 0.1) is 0 Å². The molecule has 1 fully saturated rings. The molecule has 0 aromatic heterocycles. The van der Waals surface area contributed by atoms with E-state index in [1.54, 1.807) is 12.1 Å². The molecular weight excluding hydrogens is 428 g/mol. The molecule has 11 heteroatoms. The second kappa shape index (κ2) is 13.6. The van der Waals surface area contributed by atoms with Gasteiger partial charge < -0.3 is 24.7 Å². The van der Waals surface area contributed by atoms with Crippen molar-refractivity contribution in [2.24, 2.45) is 0 Å². The van der Waals surface area contributed by atoms with E-state index in [0.717, 1.165) is 44.8 Å². The summed E-state index contributed by atoms with van der Waals surface area (Å²) >= 11 is 0. The van der Waals surface area contributed by atoms with Gasteiger partial charge in [-0.25, -0.2) is 4.79 Å². The van der Waals surface area contributed by atoms with Crippen LogP contribution in [0.2, 0.25) is 0 Å². The van der Waals surface area contributed by atoms with Crippen LogP contribution in [0.25, 0.3) is 0 Å². The van der Waals surface area contributed by atoms with Gasteiger partial charge in [-0.3, -0.25) is 14.7 Å². The van der Waals surface area contributed by atoms with Crippen LogP contribution in [0.5, 0.6) is 0 Å². The molecule has 1 aromatic carbocycles. The molecule has 2 rings (SSSR count). The fourth-order valence-corrected chi connectivity index (χ4v) is 4.97. The third kappa shape index (κ3) is 8.79. The number of hydrogen-bond acceptors (Lipinski definition) is 9. The second-order valence-corrected chi connectivity index (χ2v) is 10.4. The number of nitrogens with zero attached hydrogens (tertiary/aromatic N) is 3. The van der Waals surface area contributed by atoms with E-state index in [9.17, 15) is 24.8 Å². The molecule has 1 aliphatic heterocycles. The lowest BCUT2D eigenvalue weighted by Gasteiger charge is -2.27. The van der Waals surface area contributed by atoms with Crippen LogP contribution >= 0.6 is 16.3 Å². The fourth-order valence-electron chi connectivity index (χ4n) is 3.30. The Kier molecular flexibility index (Phi) is 11.6. The summed E-state index contributed by atoms with van der Waals surface area (Å²) in [7, 11) is -1.48. The van der Waals surface area contributed by atoms with E-state index in [1.807, 2.05) is 12.1 Å². The maximum absolute atomic E-state index is 11.6. The predicted octanol–water partition coefficient (Wildman–Crippen LogP) is 0.486. The van der Waals surface area contributed by atoms with E-state index in [4.69, 9.17) is 4.74 Å². The van der Waals surface area contributed by atoms with E-state index < -0.39 is 16.3 Å². The summed E-state index contributed by atoms with van der Waals surface area (Å²) in [5.74, 6) is -0.357. The number of benzene rings is 1. The van der Waals surface area contributed by atoms with E-state index in [2.05, 4.69) is 14.7 Å². The van der Waals surface area contributed by atoms with Crippen molar-refractivity contribution in [1.82, 2.24) is 14.7 Å². The summed E-state index contributed by atoms with van der Waals surface area (Å²) in [5, 5.41) is 18.4. The molecule has 1 heterocycles. The molecule has 170 valence electrons. The summed E-state index contributed by atoms with van der Waals surface area (Å²) in [6.45, 7) is 5.31. The van der Waals surface area contributed by atoms with E-state index in [0.29, 0.717) is 24.7 Å². The Balaban J connectivity index is 2.04. The highest BCUT2D eigenvalue weighted by molar-refractivity contribution is 7.51. The highest BCUT2D eigenvalue weighted by Crippen LogP contribution is 2.30. The number of ether oxygens (including phenoxy) is 1. The van der Waals surface area contributed by atoms with Crippen molar-refractivity contribution in [1.29, 1.82) is 0 Å². The molecule has 1 saturated heterocycles. The molecule has 0 amide bonds. The van der Waals surface area contributed by atoms with Gasteiger partial charge in [-0.15, -0.1) is 0 Å². The zero-order chi connectivity index (χ0) is 21.9. The largest absolute Gasteiger partial charge is 0.465 e. The number of rotatable bonds is 9. The Morgan fingerprint density at radius 3 is 1.70 bits per heavy atom. The highest BCUT2D eigenvalue weighted by atomic mass is 31.1. The molecule has 4 N–H and O–H groups in total. The Labute approximate surface area is 180 Å². The summed E-state index contributed by atoms with van der Waals surface area (Å²) in [6.07, 6.45) is 0.487. The predicted molar refractivity (Wildman–Crippen MR) is 118 cm³/mol. The molecular formula is C19H33N3O6P2. The van der Waals surface area contributed by atoms with Gasteiger partial charge >= 0.3 is 5.97 Å². The molecule has 0 saturated carbocycles. The SMILES string of the molecule is COC(=O)c1ccc(CN2CCN(CP(O)CO)CCN(CP(O)CO)CC2)cc1. The van der Waals surface area contributed by atoms with Gasteiger partial charge in [0.2, 0.25) is 0 Å². The first-order chi connectivity index (χ1) is 14.4. The van der Waals surface area contributed by atoms with Crippen molar-refractivity contribution in [2.45, 2.75) is 6.54 Å². The van der Waals surface area contributed by atoms with Crippen LogP contribution < -0.4 is 0 Å². The molecule has 9 nitrogen and oxygen atoms in total. The van der Waals surface area contributed by atoms with Crippen molar-refractivity contribution >= 4 is 22.3 Å². The lowest BCUT2D eigenvalue weighted by Crippen LogP contribution is -2.36. The smallest absolute Gasteiger partial charge is 0.337 e. The molecule has 0 bridgehead atoms. The van der Waals surface area contributed by atoms with Crippen LogP contribution in [0.3, 0.4) is 0 Å². The van der Waals surface area contributed by atoms with Gasteiger partial charge in [0.05, 0.1) is 41.7 Å². The Bertz CT molecular complexity index is 615. The van der Waals surface area contributed by atoms with Crippen LogP contribution in [0.15, 0.2) is 24.3 Å². The van der Waals surface area contributed by atoms with Gasteiger partial charge in [0.25, 0.3) is 0 Å². The van der Waals surface area contributed by atoms with Crippen LogP contribution in [-0.4, -0.2) is 112 Å². The first-order valence-electron chi connectivity index (χ1n) is 9.88. The lowest BCUT2D eigenvalue weighted by atomic mass is 10.1. The number of carbonyl (C=O) groups is 1. The quantitative estimate of drug-likeness (QED) is 0.308. The number of aliphatic hydroxyl groups excluding tert-OH is 2. The van der Waals surface area contributed by atoms with E-state index in [-0.39, 0.29) is 18.7 Å². The van der Waals surface area contributed by atoms with Gasteiger partial charge in [0.15, 0.2) is 0 Å². The van der Waals surface area contributed by atoms with Crippen molar-refractivity contribution in [3.8, 4) is 0 Å². The van der Waals surface area contributed by atoms with E-state index >= 15 is 0 Å². The molecule has 0 aliphatic carbocycles. The van der Waals surface area contributed by atoms with Crippen molar-refractivity contribution in [3.63, 3.8) is 0 Å². The van der Waals surface area contributed by atoms with Crippen LogP contribution in [0.1, 0.15) is 15.9 Å². The number of hydrogen-bond donors (Lipinski definition) is 4. The first-order valence-corrected chi connectivity index (χ1v) is 13.2. The fraction of sp³-hybridized carbons (Fsp3) is 0.632. The van der Waals surface area contributed by atoms with Gasteiger partial charge in [0, 0.05) is 58.4 Å². The average molecular weight is 461 g/mol. The molecule has 1 aromatic rings. The summed E-state index contributed by atoms with van der Waals surface area (Å²) < 4.78 is 4.74. The maximum atomic E-state index is 11.6. The summed E-state index contributed by atoms with van der Waals surface area (Å²) in [4.78, 5) is 38.1. The van der Waals surface area contributed by atoms with Crippen molar-refractivity contribution < 1.29 is 29.5 Å². The van der Waals surface area contributed by atoms with E-state index in [1.165, 1.54) is 7.11 Å². The van der Waals surface area contributed by atoms with Gasteiger partial charge in [-0.2, -0.15) is 0 Å². The summed E-state index contributed by atoms with van der Waals surface area (Å²) in [6, 6.07) is 7.37. The van der Waals surface area contributed by atoms with Gasteiger partial charge in [0.1, 0.15) is 0 Å². The standard InChI is InChI=1S/C19H33N3O6P2/c1-28-19(25)18-4-2-17(3-5-18)12-20-6-8-21(13-29(26)15-23)10-11-22(9-7-20)14-30(27)16-24/h2-5,23-24,26-27H,6-16H2,1H3. The minimum Gasteiger partial charge on any atom is -0.465 e. The van der Waals surface area contributed by atoms with Crippen molar-refractivity contribution in [2.75, 3.05) is 71.6 Å². The van der Waals surface area contributed by atoms with Crippen LogP contribution in [0.4, 0.5) is 0 Å². The lowest BCUT2D eigenvalue weighted by molar-refractivity contribution is 0.0600. The number of aliphatic hydroxyl groups is 2. The van der Waals surface area contributed by atoms with Gasteiger partial charge in [-0.05, 0) is 17.7 Å². The first kappa shape index (κ1) is 25.5. The monoisotopic (exact) mass is 461 g/mol. The second-order valence-electron chi connectivity index (χ2n) is 7.28. The Morgan fingerprint density at radius 2 is 1.30 bits per heavy atom. The zero-order valence-electron chi connectivity index (χ0n) is 17.4.